The molecule has 104 valence electrons. The second-order valence-corrected chi connectivity index (χ2v) is 5.14. The molecular formula is C16H15BrO3. The SMILES string of the molecule is COc1ccc(C(=O)Cc2cc(OC)ccc2Br)cc1. The molecule has 0 heterocycles. The van der Waals surface area contributed by atoms with Gasteiger partial charge in [-0.2, -0.15) is 0 Å². The summed E-state index contributed by atoms with van der Waals surface area (Å²) in [5.41, 5.74) is 1.57. The lowest BCUT2D eigenvalue weighted by Crippen LogP contribution is -2.04. The molecule has 4 heteroatoms. The summed E-state index contributed by atoms with van der Waals surface area (Å²) in [5, 5.41) is 0. The molecule has 2 aromatic carbocycles. The van der Waals surface area contributed by atoms with Crippen molar-refractivity contribution in [3.05, 3.63) is 58.1 Å². The number of hydrogen-bond acceptors (Lipinski definition) is 3. The van der Waals surface area contributed by atoms with E-state index in [9.17, 15) is 4.79 Å². The zero-order valence-corrected chi connectivity index (χ0v) is 12.9. The minimum Gasteiger partial charge on any atom is -0.497 e. The van der Waals surface area contributed by atoms with Gasteiger partial charge in [0.15, 0.2) is 5.78 Å². The summed E-state index contributed by atoms with van der Waals surface area (Å²) < 4.78 is 11.2. The van der Waals surface area contributed by atoms with Crippen LogP contribution in [0.4, 0.5) is 0 Å². The third-order valence-electron chi connectivity index (χ3n) is 3.02. The van der Waals surface area contributed by atoms with Crippen LogP contribution in [0.3, 0.4) is 0 Å². The third-order valence-corrected chi connectivity index (χ3v) is 3.79. The van der Waals surface area contributed by atoms with E-state index in [-0.39, 0.29) is 5.78 Å². The standard InChI is InChI=1S/C16H15BrO3/c1-19-13-5-3-11(4-6-13)16(18)10-12-9-14(20-2)7-8-15(12)17/h3-9H,10H2,1-2H3. The second kappa shape index (κ2) is 6.57. The molecule has 0 amide bonds. The van der Waals surface area contributed by atoms with Crippen molar-refractivity contribution in [2.45, 2.75) is 6.42 Å². The van der Waals surface area contributed by atoms with Crippen molar-refractivity contribution in [3.8, 4) is 11.5 Å². The molecule has 0 bridgehead atoms. The topological polar surface area (TPSA) is 35.5 Å². The van der Waals surface area contributed by atoms with Crippen molar-refractivity contribution < 1.29 is 14.3 Å². The number of ether oxygens (including phenoxy) is 2. The van der Waals surface area contributed by atoms with Crippen LogP contribution < -0.4 is 9.47 Å². The van der Waals surface area contributed by atoms with Gasteiger partial charge in [-0.1, -0.05) is 15.9 Å². The molecule has 0 radical (unpaired) electrons. The van der Waals surface area contributed by atoms with Crippen molar-refractivity contribution in [2.24, 2.45) is 0 Å². The number of rotatable bonds is 5. The fourth-order valence-electron chi connectivity index (χ4n) is 1.87. The Morgan fingerprint density at radius 2 is 1.60 bits per heavy atom. The van der Waals surface area contributed by atoms with E-state index in [0.717, 1.165) is 21.5 Å². The van der Waals surface area contributed by atoms with Gasteiger partial charge in [-0.15, -0.1) is 0 Å². The van der Waals surface area contributed by atoms with Crippen LogP contribution in [0.25, 0.3) is 0 Å². The fourth-order valence-corrected chi connectivity index (χ4v) is 2.25. The van der Waals surface area contributed by atoms with Crippen LogP contribution >= 0.6 is 15.9 Å². The van der Waals surface area contributed by atoms with Gasteiger partial charge in [0.05, 0.1) is 14.2 Å². The highest BCUT2D eigenvalue weighted by atomic mass is 79.9. The van der Waals surface area contributed by atoms with Gasteiger partial charge in [-0.25, -0.2) is 0 Å². The Kier molecular flexibility index (Phi) is 4.79. The van der Waals surface area contributed by atoms with Gasteiger partial charge in [0.2, 0.25) is 0 Å². The Morgan fingerprint density at radius 1 is 1.00 bits per heavy atom. The zero-order valence-electron chi connectivity index (χ0n) is 11.4. The third kappa shape index (κ3) is 3.39. The predicted octanol–water partition coefficient (Wildman–Crippen LogP) is 3.89. The Bertz CT molecular complexity index is 606. The first-order valence-corrected chi connectivity index (χ1v) is 6.93. The van der Waals surface area contributed by atoms with Crippen LogP contribution in [0.15, 0.2) is 46.9 Å². The maximum Gasteiger partial charge on any atom is 0.167 e. The number of ketones is 1. The van der Waals surface area contributed by atoms with Crippen molar-refractivity contribution in [1.82, 2.24) is 0 Å². The highest BCUT2D eigenvalue weighted by Crippen LogP contribution is 2.24. The van der Waals surface area contributed by atoms with Crippen molar-refractivity contribution in [1.29, 1.82) is 0 Å². The van der Waals surface area contributed by atoms with Gasteiger partial charge < -0.3 is 9.47 Å². The summed E-state index contributed by atoms with van der Waals surface area (Å²) in [6.07, 6.45) is 0.324. The Hall–Kier alpha value is -1.81. The molecule has 0 saturated heterocycles. The molecule has 0 fully saturated rings. The molecule has 0 aliphatic rings. The Labute approximate surface area is 126 Å². The van der Waals surface area contributed by atoms with Crippen molar-refractivity contribution >= 4 is 21.7 Å². The maximum atomic E-state index is 12.3. The Balaban J connectivity index is 2.18. The van der Waals surface area contributed by atoms with E-state index < -0.39 is 0 Å². The van der Waals surface area contributed by atoms with E-state index in [1.54, 1.807) is 38.5 Å². The molecule has 0 aromatic heterocycles. The highest BCUT2D eigenvalue weighted by Gasteiger charge is 2.10. The molecule has 0 unspecified atom stereocenters. The summed E-state index contributed by atoms with van der Waals surface area (Å²) >= 11 is 3.46. The number of halogens is 1. The number of Topliss-reactive ketones (excluding diaryl/α,β-unsaturated/α-hetero) is 1. The largest absolute Gasteiger partial charge is 0.497 e. The molecule has 0 aliphatic heterocycles. The maximum absolute atomic E-state index is 12.3. The quantitative estimate of drug-likeness (QED) is 0.778. The van der Waals surface area contributed by atoms with Crippen molar-refractivity contribution in [2.75, 3.05) is 14.2 Å². The number of hydrogen-bond donors (Lipinski definition) is 0. The number of benzene rings is 2. The van der Waals surface area contributed by atoms with E-state index in [0.29, 0.717) is 12.0 Å². The molecule has 0 saturated carbocycles. The average Bonchev–Trinajstić information content (AvgIpc) is 2.49. The molecule has 0 atom stereocenters. The molecule has 0 aliphatic carbocycles. The van der Waals surface area contributed by atoms with Crippen LogP contribution in [0.5, 0.6) is 11.5 Å². The van der Waals surface area contributed by atoms with Crippen LogP contribution in [0.2, 0.25) is 0 Å². The minimum atomic E-state index is 0.0570. The van der Waals surface area contributed by atoms with Gasteiger partial charge in [0.1, 0.15) is 11.5 Å². The monoisotopic (exact) mass is 334 g/mol. The van der Waals surface area contributed by atoms with E-state index in [1.807, 2.05) is 18.2 Å². The first kappa shape index (κ1) is 14.6. The number of carbonyl (C=O) groups is 1. The van der Waals surface area contributed by atoms with Gasteiger partial charge in [0.25, 0.3) is 0 Å². The number of methoxy groups -OCH3 is 2. The van der Waals surface area contributed by atoms with Crippen LogP contribution in [0.1, 0.15) is 15.9 Å². The van der Waals surface area contributed by atoms with E-state index in [1.165, 1.54) is 0 Å². The van der Waals surface area contributed by atoms with Gasteiger partial charge in [-0.05, 0) is 48.0 Å². The first-order valence-electron chi connectivity index (χ1n) is 6.13. The van der Waals surface area contributed by atoms with Crippen molar-refractivity contribution in [3.63, 3.8) is 0 Å². The number of carbonyl (C=O) groups excluding carboxylic acids is 1. The fraction of sp³-hybridized carbons (Fsp3) is 0.188. The van der Waals surface area contributed by atoms with E-state index >= 15 is 0 Å². The molecular weight excluding hydrogens is 320 g/mol. The first-order chi connectivity index (χ1) is 9.63. The lowest BCUT2D eigenvalue weighted by atomic mass is 10.0. The predicted molar refractivity (Wildman–Crippen MR) is 81.7 cm³/mol. The minimum absolute atomic E-state index is 0.0570. The molecule has 3 nitrogen and oxygen atoms in total. The smallest absolute Gasteiger partial charge is 0.167 e. The second-order valence-electron chi connectivity index (χ2n) is 4.29. The summed E-state index contributed by atoms with van der Waals surface area (Å²) in [6.45, 7) is 0. The normalized spacial score (nSPS) is 10.2. The van der Waals surface area contributed by atoms with Crippen LogP contribution in [-0.2, 0) is 6.42 Å². The average molecular weight is 335 g/mol. The zero-order chi connectivity index (χ0) is 14.5. The lowest BCUT2D eigenvalue weighted by Gasteiger charge is -2.07. The molecule has 2 rings (SSSR count). The van der Waals surface area contributed by atoms with E-state index in [2.05, 4.69) is 15.9 Å². The van der Waals surface area contributed by atoms with E-state index in [4.69, 9.17) is 9.47 Å². The summed E-state index contributed by atoms with van der Waals surface area (Å²) in [5.74, 6) is 1.54. The molecule has 2 aromatic rings. The van der Waals surface area contributed by atoms with Crippen LogP contribution in [-0.4, -0.2) is 20.0 Å². The lowest BCUT2D eigenvalue weighted by molar-refractivity contribution is 0.0993. The molecule has 20 heavy (non-hydrogen) atoms. The van der Waals surface area contributed by atoms with Gasteiger partial charge in [-0.3, -0.25) is 4.79 Å². The van der Waals surface area contributed by atoms with Crippen LogP contribution in [0, 0.1) is 0 Å². The Morgan fingerprint density at radius 3 is 2.20 bits per heavy atom. The summed E-state index contributed by atoms with van der Waals surface area (Å²) in [6, 6.07) is 12.7. The highest BCUT2D eigenvalue weighted by molar-refractivity contribution is 9.10. The van der Waals surface area contributed by atoms with Gasteiger partial charge in [0, 0.05) is 16.5 Å². The summed E-state index contributed by atoms with van der Waals surface area (Å²) in [4.78, 5) is 12.3. The molecule has 0 spiro atoms. The summed E-state index contributed by atoms with van der Waals surface area (Å²) in [7, 11) is 3.21. The molecule has 0 N–H and O–H groups in total. The van der Waals surface area contributed by atoms with Gasteiger partial charge >= 0.3 is 0 Å².